The SMILES string of the molecule is COC(=O)c1cc2cn([C@@]34CCC(C)(C3)OC4)nc2cc1OC(C)C. The maximum Gasteiger partial charge on any atom is 0.341 e. The summed E-state index contributed by atoms with van der Waals surface area (Å²) in [5.41, 5.74) is 1.15. The number of fused-ring (bicyclic) bond motifs is 3. The van der Waals surface area contributed by atoms with Crippen LogP contribution < -0.4 is 4.74 Å². The van der Waals surface area contributed by atoms with Gasteiger partial charge in [-0.2, -0.15) is 5.10 Å². The molecule has 2 bridgehead atoms. The highest BCUT2D eigenvalue weighted by Gasteiger charge is 2.54. The molecule has 1 aliphatic heterocycles. The Labute approximate surface area is 147 Å². The number of hydrogen-bond donors (Lipinski definition) is 0. The fourth-order valence-corrected chi connectivity index (χ4v) is 4.10. The lowest BCUT2D eigenvalue weighted by molar-refractivity contribution is -0.0149. The molecule has 2 aromatic rings. The van der Waals surface area contributed by atoms with Gasteiger partial charge in [-0.25, -0.2) is 4.79 Å². The molecule has 1 unspecified atom stereocenters. The second kappa shape index (κ2) is 5.46. The monoisotopic (exact) mass is 344 g/mol. The molecule has 1 saturated carbocycles. The molecule has 1 saturated heterocycles. The van der Waals surface area contributed by atoms with Gasteiger partial charge in [0.25, 0.3) is 0 Å². The minimum absolute atomic E-state index is 0.0266. The molecular weight excluding hydrogens is 320 g/mol. The fourth-order valence-electron chi connectivity index (χ4n) is 4.10. The van der Waals surface area contributed by atoms with Crippen molar-refractivity contribution in [3.8, 4) is 5.75 Å². The molecule has 4 rings (SSSR count). The van der Waals surface area contributed by atoms with Crippen molar-refractivity contribution in [1.82, 2.24) is 9.78 Å². The van der Waals surface area contributed by atoms with E-state index in [0.717, 1.165) is 30.2 Å². The summed E-state index contributed by atoms with van der Waals surface area (Å²) in [6.45, 7) is 6.72. The van der Waals surface area contributed by atoms with Crippen molar-refractivity contribution in [1.29, 1.82) is 0 Å². The van der Waals surface area contributed by atoms with E-state index >= 15 is 0 Å². The normalized spacial score (nSPS) is 28.0. The molecule has 2 heterocycles. The molecule has 0 N–H and O–H groups in total. The van der Waals surface area contributed by atoms with E-state index in [1.807, 2.05) is 36.9 Å². The Morgan fingerprint density at radius 1 is 1.36 bits per heavy atom. The van der Waals surface area contributed by atoms with E-state index in [4.69, 9.17) is 19.3 Å². The number of benzene rings is 1. The van der Waals surface area contributed by atoms with Gasteiger partial charge in [0, 0.05) is 24.1 Å². The number of methoxy groups -OCH3 is 1. The predicted molar refractivity (Wildman–Crippen MR) is 93.0 cm³/mol. The van der Waals surface area contributed by atoms with E-state index in [2.05, 4.69) is 6.92 Å². The number of rotatable bonds is 4. The molecule has 2 fully saturated rings. The summed E-state index contributed by atoms with van der Waals surface area (Å²) < 4.78 is 18.7. The van der Waals surface area contributed by atoms with Crippen LogP contribution in [0.1, 0.15) is 50.4 Å². The summed E-state index contributed by atoms with van der Waals surface area (Å²) in [6, 6.07) is 3.64. The zero-order chi connectivity index (χ0) is 17.8. The first-order chi connectivity index (χ1) is 11.8. The Morgan fingerprint density at radius 3 is 2.72 bits per heavy atom. The highest BCUT2D eigenvalue weighted by molar-refractivity contribution is 5.97. The molecule has 2 aliphatic rings. The molecule has 2 atom stereocenters. The lowest BCUT2D eigenvalue weighted by Crippen LogP contribution is -2.33. The first-order valence-electron chi connectivity index (χ1n) is 8.77. The zero-order valence-electron chi connectivity index (χ0n) is 15.2. The maximum absolute atomic E-state index is 12.1. The molecule has 0 radical (unpaired) electrons. The van der Waals surface area contributed by atoms with Gasteiger partial charge in [0.1, 0.15) is 11.3 Å². The van der Waals surface area contributed by atoms with Crippen molar-refractivity contribution in [2.24, 2.45) is 0 Å². The minimum Gasteiger partial charge on any atom is -0.490 e. The van der Waals surface area contributed by atoms with E-state index in [1.54, 1.807) is 0 Å². The Hall–Kier alpha value is -2.08. The summed E-state index contributed by atoms with van der Waals surface area (Å²) in [5.74, 6) is 0.108. The summed E-state index contributed by atoms with van der Waals surface area (Å²) in [5, 5.41) is 5.70. The number of ether oxygens (including phenoxy) is 3. The van der Waals surface area contributed by atoms with Crippen LogP contribution in [0, 0.1) is 0 Å². The van der Waals surface area contributed by atoms with Crippen LogP contribution in [0.4, 0.5) is 0 Å². The van der Waals surface area contributed by atoms with Crippen LogP contribution in [0.3, 0.4) is 0 Å². The second-order valence-electron chi connectivity index (χ2n) is 7.78. The number of hydrogen-bond acceptors (Lipinski definition) is 5. The number of carbonyl (C=O) groups is 1. The third kappa shape index (κ3) is 2.59. The van der Waals surface area contributed by atoms with Crippen molar-refractivity contribution in [3.63, 3.8) is 0 Å². The van der Waals surface area contributed by atoms with Gasteiger partial charge in [0.2, 0.25) is 0 Å². The summed E-state index contributed by atoms with van der Waals surface area (Å²) in [7, 11) is 1.38. The first-order valence-corrected chi connectivity index (χ1v) is 8.77. The highest BCUT2D eigenvalue weighted by Crippen LogP contribution is 2.51. The Balaban J connectivity index is 1.79. The molecule has 134 valence electrons. The second-order valence-corrected chi connectivity index (χ2v) is 7.78. The summed E-state index contributed by atoms with van der Waals surface area (Å²) in [4.78, 5) is 12.1. The van der Waals surface area contributed by atoms with E-state index in [0.29, 0.717) is 17.9 Å². The quantitative estimate of drug-likeness (QED) is 0.797. The third-order valence-corrected chi connectivity index (χ3v) is 5.37. The Morgan fingerprint density at radius 2 is 2.16 bits per heavy atom. The highest BCUT2D eigenvalue weighted by atomic mass is 16.5. The predicted octanol–water partition coefficient (Wildman–Crippen LogP) is 3.28. The molecular formula is C19H24N2O4. The summed E-state index contributed by atoms with van der Waals surface area (Å²) >= 11 is 0. The molecule has 0 spiro atoms. The fraction of sp³-hybridized carbons (Fsp3) is 0.579. The van der Waals surface area contributed by atoms with Crippen LogP contribution in [-0.2, 0) is 15.0 Å². The summed E-state index contributed by atoms with van der Waals surface area (Å²) in [6.07, 6.45) is 5.07. The molecule has 6 nitrogen and oxygen atoms in total. The molecule has 25 heavy (non-hydrogen) atoms. The van der Waals surface area contributed by atoms with Crippen LogP contribution >= 0.6 is 0 Å². The molecule has 1 aromatic heterocycles. The van der Waals surface area contributed by atoms with Crippen LogP contribution in [0.25, 0.3) is 10.9 Å². The molecule has 1 aromatic carbocycles. The number of aromatic nitrogens is 2. The zero-order valence-corrected chi connectivity index (χ0v) is 15.2. The Kier molecular flexibility index (Phi) is 3.58. The standard InChI is InChI=1S/C19H24N2O4/c1-12(2)25-16-8-15-13(7-14(16)17(22)23-4)9-21(20-15)19-6-5-18(3,10-19)24-11-19/h7-9,12H,5-6,10-11H2,1-4H3/t18?,19-/m0/s1. The average Bonchev–Trinajstić information content (AvgIpc) is 3.23. The van der Waals surface area contributed by atoms with Crippen molar-refractivity contribution < 1.29 is 19.0 Å². The van der Waals surface area contributed by atoms with Gasteiger partial charge in [-0.15, -0.1) is 0 Å². The molecule has 6 heteroatoms. The number of esters is 1. The maximum atomic E-state index is 12.1. The van der Waals surface area contributed by atoms with Crippen LogP contribution in [-0.4, -0.2) is 41.2 Å². The van der Waals surface area contributed by atoms with E-state index in [1.165, 1.54) is 7.11 Å². The van der Waals surface area contributed by atoms with Gasteiger partial charge < -0.3 is 14.2 Å². The average molecular weight is 344 g/mol. The van der Waals surface area contributed by atoms with Gasteiger partial charge >= 0.3 is 5.97 Å². The number of carbonyl (C=O) groups excluding carboxylic acids is 1. The van der Waals surface area contributed by atoms with E-state index < -0.39 is 5.97 Å². The molecule has 1 aliphatic carbocycles. The Bertz CT molecular complexity index is 831. The van der Waals surface area contributed by atoms with Gasteiger partial charge in [-0.05, 0) is 39.7 Å². The van der Waals surface area contributed by atoms with Crippen LogP contribution in [0.15, 0.2) is 18.3 Å². The van der Waals surface area contributed by atoms with Crippen LogP contribution in [0.2, 0.25) is 0 Å². The van der Waals surface area contributed by atoms with Crippen molar-refractivity contribution in [2.75, 3.05) is 13.7 Å². The lowest BCUT2D eigenvalue weighted by atomic mass is 9.99. The van der Waals surface area contributed by atoms with Gasteiger partial charge in [-0.3, -0.25) is 4.68 Å². The van der Waals surface area contributed by atoms with E-state index in [9.17, 15) is 4.79 Å². The van der Waals surface area contributed by atoms with Gasteiger partial charge in [-0.1, -0.05) is 0 Å². The third-order valence-electron chi connectivity index (χ3n) is 5.37. The van der Waals surface area contributed by atoms with Gasteiger partial charge in [0.15, 0.2) is 0 Å². The lowest BCUT2D eigenvalue weighted by Gasteiger charge is -2.26. The number of nitrogens with zero attached hydrogens (tertiary/aromatic N) is 2. The van der Waals surface area contributed by atoms with Crippen molar-refractivity contribution in [3.05, 3.63) is 23.9 Å². The smallest absolute Gasteiger partial charge is 0.341 e. The minimum atomic E-state index is -0.402. The molecule has 0 amide bonds. The topological polar surface area (TPSA) is 62.6 Å². The van der Waals surface area contributed by atoms with Crippen LogP contribution in [0.5, 0.6) is 5.75 Å². The van der Waals surface area contributed by atoms with Crippen molar-refractivity contribution in [2.45, 2.75) is 57.3 Å². The largest absolute Gasteiger partial charge is 0.490 e. The van der Waals surface area contributed by atoms with Crippen molar-refractivity contribution >= 4 is 16.9 Å². The van der Waals surface area contributed by atoms with E-state index in [-0.39, 0.29) is 17.2 Å². The first kappa shape index (κ1) is 16.4. The van der Waals surface area contributed by atoms with Gasteiger partial charge in [0.05, 0.1) is 36.5 Å².